The monoisotopic (exact) mass is 417 g/mol. The normalized spacial score (nSPS) is 9.77. The summed E-state index contributed by atoms with van der Waals surface area (Å²) in [5, 5.41) is 0. The first-order valence-electron chi connectivity index (χ1n) is 9.34. The van der Waals surface area contributed by atoms with Gasteiger partial charge in [0.15, 0.2) is 0 Å². The average molecular weight is 418 g/mol. The second-order valence-electron chi connectivity index (χ2n) is 6.15. The summed E-state index contributed by atoms with van der Waals surface area (Å²) in [6.07, 6.45) is 1.91. The SMILES string of the molecule is C=CCOCC#CN(CCC#CC#Cc1ccccc1)S(=O)(=O)c1ccc(C)cc1. The molecule has 0 N–H and O–H groups in total. The molecule has 0 amide bonds. The number of hydrogen-bond donors (Lipinski definition) is 0. The standard InChI is InChI=1S/C25H23NO3S/c1-3-21-29-22-11-20-26(30(27,28)25-17-15-23(2)16-18-25)19-10-5-4-7-12-24-13-8-6-9-14-24/h3,6,8-9,13-18H,1,10,19,21-22H2,2H3. The molecule has 0 fully saturated rings. The molecule has 0 aromatic heterocycles. The Bertz CT molecular complexity index is 1120. The van der Waals surface area contributed by atoms with Crippen LogP contribution in [0.25, 0.3) is 0 Å². The van der Waals surface area contributed by atoms with Crippen LogP contribution in [-0.2, 0) is 14.8 Å². The van der Waals surface area contributed by atoms with E-state index in [0.717, 1.165) is 15.4 Å². The van der Waals surface area contributed by atoms with E-state index in [2.05, 4.69) is 42.2 Å². The summed E-state index contributed by atoms with van der Waals surface area (Å²) in [4.78, 5) is 0.186. The van der Waals surface area contributed by atoms with Crippen molar-refractivity contribution in [2.45, 2.75) is 18.2 Å². The van der Waals surface area contributed by atoms with Gasteiger partial charge in [-0.3, -0.25) is 0 Å². The minimum absolute atomic E-state index is 0.111. The zero-order valence-corrected chi connectivity index (χ0v) is 17.7. The lowest BCUT2D eigenvalue weighted by molar-refractivity contribution is 0.199. The number of aryl methyl sites for hydroxylation is 1. The first-order chi connectivity index (χ1) is 14.5. The maximum atomic E-state index is 13.0. The van der Waals surface area contributed by atoms with Crippen LogP contribution in [0.4, 0.5) is 0 Å². The minimum atomic E-state index is -3.77. The Labute approximate surface area is 179 Å². The van der Waals surface area contributed by atoms with E-state index in [-0.39, 0.29) is 18.0 Å². The topological polar surface area (TPSA) is 46.6 Å². The highest BCUT2D eigenvalue weighted by molar-refractivity contribution is 7.89. The van der Waals surface area contributed by atoms with Crippen molar-refractivity contribution in [2.75, 3.05) is 19.8 Å². The molecule has 0 bridgehead atoms. The van der Waals surface area contributed by atoms with Gasteiger partial charge in [0.25, 0.3) is 10.0 Å². The molecule has 0 saturated heterocycles. The molecular weight excluding hydrogens is 394 g/mol. The molecule has 2 aromatic rings. The molecule has 0 saturated carbocycles. The average Bonchev–Trinajstić information content (AvgIpc) is 2.75. The molecule has 0 aliphatic rings. The van der Waals surface area contributed by atoms with Crippen LogP contribution < -0.4 is 0 Å². The smallest absolute Gasteiger partial charge is 0.271 e. The van der Waals surface area contributed by atoms with Crippen LogP contribution in [0.15, 0.2) is 72.1 Å². The summed E-state index contributed by atoms with van der Waals surface area (Å²) in [6.45, 7) is 6.05. The zero-order valence-electron chi connectivity index (χ0n) is 16.9. The van der Waals surface area contributed by atoms with Gasteiger partial charge in [-0.15, -0.1) is 6.58 Å². The number of ether oxygens (including phenoxy) is 1. The van der Waals surface area contributed by atoms with Gasteiger partial charge in [-0.1, -0.05) is 59.7 Å². The van der Waals surface area contributed by atoms with Crippen LogP contribution in [0.3, 0.4) is 0 Å². The van der Waals surface area contributed by atoms with Crippen LogP contribution in [0.2, 0.25) is 0 Å². The fourth-order valence-electron chi connectivity index (χ4n) is 2.28. The van der Waals surface area contributed by atoms with Crippen molar-refractivity contribution >= 4 is 10.0 Å². The van der Waals surface area contributed by atoms with Gasteiger partial charge in [0.1, 0.15) is 6.61 Å². The summed E-state index contributed by atoms with van der Waals surface area (Å²) >= 11 is 0. The van der Waals surface area contributed by atoms with Crippen molar-refractivity contribution in [2.24, 2.45) is 0 Å². The fourth-order valence-corrected chi connectivity index (χ4v) is 3.53. The summed E-state index contributed by atoms with van der Waals surface area (Å²) in [5.41, 5.74) is 1.85. The third kappa shape index (κ3) is 7.53. The van der Waals surface area contributed by atoms with Crippen LogP contribution in [0.5, 0.6) is 0 Å². The van der Waals surface area contributed by atoms with Crippen LogP contribution >= 0.6 is 0 Å². The van der Waals surface area contributed by atoms with Gasteiger partial charge in [0.05, 0.1) is 18.0 Å². The van der Waals surface area contributed by atoms with E-state index in [1.54, 1.807) is 30.3 Å². The molecule has 0 spiro atoms. The quantitative estimate of drug-likeness (QED) is 0.299. The van der Waals surface area contributed by atoms with Gasteiger partial charge in [-0.05, 0) is 43.0 Å². The van der Waals surface area contributed by atoms with Gasteiger partial charge >= 0.3 is 0 Å². The lowest BCUT2D eigenvalue weighted by Gasteiger charge is -2.17. The molecule has 0 atom stereocenters. The molecule has 0 radical (unpaired) electrons. The largest absolute Gasteiger partial charge is 0.365 e. The first-order valence-corrected chi connectivity index (χ1v) is 10.8. The Hall–Kier alpha value is -3.43. The van der Waals surface area contributed by atoms with Gasteiger partial charge in [0, 0.05) is 18.0 Å². The Morgan fingerprint density at radius 2 is 1.77 bits per heavy atom. The first kappa shape index (κ1) is 22.9. The molecule has 5 heteroatoms. The van der Waals surface area contributed by atoms with Gasteiger partial charge < -0.3 is 4.74 Å². The highest BCUT2D eigenvalue weighted by Crippen LogP contribution is 2.16. The third-order valence-corrected chi connectivity index (χ3v) is 5.52. The van der Waals surface area contributed by atoms with Crippen molar-refractivity contribution in [3.63, 3.8) is 0 Å². The van der Waals surface area contributed by atoms with Gasteiger partial charge in [0.2, 0.25) is 0 Å². The summed E-state index contributed by atoms with van der Waals surface area (Å²) in [5.74, 6) is 14.1. The van der Waals surface area contributed by atoms with Crippen LogP contribution in [0.1, 0.15) is 17.5 Å². The lowest BCUT2D eigenvalue weighted by Crippen LogP contribution is -2.27. The van der Waals surface area contributed by atoms with Crippen molar-refractivity contribution in [3.8, 4) is 35.6 Å². The van der Waals surface area contributed by atoms with E-state index in [4.69, 9.17) is 4.74 Å². The highest BCUT2D eigenvalue weighted by atomic mass is 32.2. The fraction of sp³-hybridized carbons (Fsp3) is 0.200. The molecule has 4 nitrogen and oxygen atoms in total. The molecule has 30 heavy (non-hydrogen) atoms. The minimum Gasteiger partial charge on any atom is -0.365 e. The maximum Gasteiger partial charge on any atom is 0.271 e. The summed E-state index contributed by atoms with van der Waals surface area (Å²) in [6, 6.07) is 18.9. The van der Waals surface area contributed by atoms with Crippen molar-refractivity contribution in [1.29, 1.82) is 0 Å². The van der Waals surface area contributed by atoms with Gasteiger partial charge in [-0.2, -0.15) is 0 Å². The second-order valence-corrected chi connectivity index (χ2v) is 8.01. The van der Waals surface area contributed by atoms with Crippen molar-refractivity contribution in [1.82, 2.24) is 4.31 Å². The maximum absolute atomic E-state index is 13.0. The van der Waals surface area contributed by atoms with Crippen molar-refractivity contribution < 1.29 is 13.2 Å². The molecule has 0 aliphatic carbocycles. The Morgan fingerprint density at radius 3 is 2.47 bits per heavy atom. The van der Waals surface area contributed by atoms with E-state index >= 15 is 0 Å². The number of sulfonamides is 1. The molecule has 0 unspecified atom stereocenters. The second kappa shape index (κ2) is 12.2. The molecule has 2 rings (SSSR count). The molecule has 0 heterocycles. The predicted octanol–water partition coefficient (Wildman–Crippen LogP) is 3.59. The lowest BCUT2D eigenvalue weighted by atomic mass is 10.2. The van der Waals surface area contributed by atoms with Crippen LogP contribution in [-0.4, -0.2) is 32.5 Å². The number of hydrogen-bond acceptors (Lipinski definition) is 3. The Morgan fingerprint density at radius 1 is 1.03 bits per heavy atom. The van der Waals surface area contributed by atoms with Gasteiger partial charge in [-0.25, -0.2) is 12.7 Å². The Kier molecular flexibility index (Phi) is 9.29. The predicted molar refractivity (Wildman–Crippen MR) is 120 cm³/mol. The molecule has 152 valence electrons. The van der Waals surface area contributed by atoms with E-state index < -0.39 is 10.0 Å². The summed E-state index contributed by atoms with van der Waals surface area (Å²) in [7, 11) is -3.77. The summed E-state index contributed by atoms with van der Waals surface area (Å²) < 4.78 is 32.2. The molecular formula is C25H23NO3S. The number of benzene rings is 2. The van der Waals surface area contributed by atoms with E-state index in [1.807, 2.05) is 37.3 Å². The zero-order chi connectivity index (χ0) is 21.7. The third-order valence-electron chi connectivity index (χ3n) is 3.79. The highest BCUT2D eigenvalue weighted by Gasteiger charge is 2.21. The van der Waals surface area contributed by atoms with E-state index in [9.17, 15) is 8.42 Å². The van der Waals surface area contributed by atoms with Crippen LogP contribution in [0, 0.1) is 42.6 Å². The van der Waals surface area contributed by atoms with E-state index in [0.29, 0.717) is 13.0 Å². The van der Waals surface area contributed by atoms with E-state index in [1.165, 1.54) is 0 Å². The molecule has 2 aromatic carbocycles. The number of rotatable bonds is 7. The number of nitrogens with zero attached hydrogens (tertiary/aromatic N) is 1. The molecule has 0 aliphatic heterocycles. The van der Waals surface area contributed by atoms with Crippen molar-refractivity contribution in [3.05, 3.63) is 78.4 Å². The Balaban J connectivity index is 2.10.